The van der Waals surface area contributed by atoms with Crippen LogP contribution in [0.2, 0.25) is 0 Å². The van der Waals surface area contributed by atoms with Gasteiger partial charge in [0.1, 0.15) is 0 Å². The summed E-state index contributed by atoms with van der Waals surface area (Å²) >= 11 is 5.38. The van der Waals surface area contributed by atoms with E-state index in [9.17, 15) is 9.59 Å². The van der Waals surface area contributed by atoms with Crippen molar-refractivity contribution in [2.24, 2.45) is 0 Å². The van der Waals surface area contributed by atoms with Gasteiger partial charge in [0.05, 0.1) is 11.1 Å². The van der Waals surface area contributed by atoms with E-state index in [1.165, 1.54) is 31.4 Å². The average Bonchev–Trinajstić information content (AvgIpc) is 2.36. The largest absolute Gasteiger partial charge is 0.478 e. The molecule has 0 radical (unpaired) electrons. The van der Waals surface area contributed by atoms with Crippen LogP contribution in [0.25, 0.3) is 0 Å². The molecule has 0 saturated carbocycles. The molecule has 106 valence electrons. The zero-order valence-corrected chi connectivity index (χ0v) is 11.9. The quantitative estimate of drug-likeness (QED) is 0.637. The van der Waals surface area contributed by atoms with E-state index in [1.54, 1.807) is 6.92 Å². The third-order valence-electron chi connectivity index (χ3n) is 2.31. The van der Waals surface area contributed by atoms with Crippen LogP contribution < -0.4 is 0 Å². The lowest BCUT2D eigenvalue weighted by atomic mass is 10.1. The zero-order chi connectivity index (χ0) is 14.8. The Balaban J connectivity index is 0.000000459. The number of carboxylic acids is 2. The highest BCUT2D eigenvalue weighted by Gasteiger charge is 2.09. The standard InChI is InChI=1S/C9H8O4.C5H11Cl/c1-5-2-6(8(10)11)4-7(3-5)9(12)13;1-2-3-4-5-6/h2-4H,1H3,(H,10,11)(H,12,13);2-5H2,1H3. The van der Waals surface area contributed by atoms with Crippen molar-refractivity contribution in [2.75, 3.05) is 5.88 Å². The minimum atomic E-state index is -1.12. The van der Waals surface area contributed by atoms with Crippen molar-refractivity contribution in [3.05, 3.63) is 34.9 Å². The molecule has 0 spiro atoms. The van der Waals surface area contributed by atoms with E-state index in [4.69, 9.17) is 21.8 Å². The lowest BCUT2D eigenvalue weighted by Crippen LogP contribution is -2.02. The van der Waals surface area contributed by atoms with Crippen molar-refractivity contribution in [3.8, 4) is 0 Å². The van der Waals surface area contributed by atoms with Gasteiger partial charge in [0.2, 0.25) is 0 Å². The molecule has 0 aromatic heterocycles. The summed E-state index contributed by atoms with van der Waals surface area (Å²) in [5.74, 6) is -1.41. The molecule has 0 amide bonds. The van der Waals surface area contributed by atoms with Crippen molar-refractivity contribution in [1.29, 1.82) is 0 Å². The number of unbranched alkanes of at least 4 members (excludes halogenated alkanes) is 2. The first-order chi connectivity index (χ1) is 8.92. The molecule has 1 rings (SSSR count). The van der Waals surface area contributed by atoms with Gasteiger partial charge in [-0.25, -0.2) is 9.59 Å². The lowest BCUT2D eigenvalue weighted by molar-refractivity contribution is 0.0696. The fourth-order valence-corrected chi connectivity index (χ4v) is 1.56. The zero-order valence-electron chi connectivity index (χ0n) is 11.1. The van der Waals surface area contributed by atoms with Crippen LogP contribution >= 0.6 is 11.6 Å². The molecule has 0 saturated heterocycles. The number of aryl methyl sites for hydroxylation is 1. The fourth-order valence-electron chi connectivity index (χ4n) is 1.37. The molecule has 2 N–H and O–H groups in total. The topological polar surface area (TPSA) is 74.6 Å². The van der Waals surface area contributed by atoms with Crippen LogP contribution in [0.15, 0.2) is 18.2 Å². The van der Waals surface area contributed by atoms with Crippen LogP contribution in [0, 0.1) is 6.92 Å². The molecule has 1 aromatic carbocycles. The van der Waals surface area contributed by atoms with E-state index in [2.05, 4.69) is 6.92 Å². The molecular weight excluding hydrogens is 268 g/mol. The molecule has 4 nitrogen and oxygen atoms in total. The predicted octanol–water partition coefficient (Wildman–Crippen LogP) is 3.81. The van der Waals surface area contributed by atoms with Crippen LogP contribution in [0.1, 0.15) is 52.5 Å². The summed E-state index contributed by atoms with van der Waals surface area (Å²) in [7, 11) is 0. The minimum Gasteiger partial charge on any atom is -0.478 e. The second-order valence-electron chi connectivity index (χ2n) is 4.09. The van der Waals surface area contributed by atoms with Gasteiger partial charge in [-0.2, -0.15) is 0 Å². The summed E-state index contributed by atoms with van der Waals surface area (Å²) < 4.78 is 0. The monoisotopic (exact) mass is 286 g/mol. The second kappa shape index (κ2) is 9.39. The fraction of sp³-hybridized carbons (Fsp3) is 0.429. The predicted molar refractivity (Wildman–Crippen MR) is 75.3 cm³/mol. The normalized spacial score (nSPS) is 9.42. The van der Waals surface area contributed by atoms with Gasteiger partial charge in [0, 0.05) is 5.88 Å². The van der Waals surface area contributed by atoms with Gasteiger partial charge < -0.3 is 10.2 Å². The number of benzene rings is 1. The molecule has 0 fully saturated rings. The van der Waals surface area contributed by atoms with Crippen molar-refractivity contribution >= 4 is 23.5 Å². The van der Waals surface area contributed by atoms with Crippen LogP contribution in [-0.2, 0) is 0 Å². The van der Waals surface area contributed by atoms with Crippen molar-refractivity contribution in [2.45, 2.75) is 33.1 Å². The Labute approximate surface area is 118 Å². The molecular formula is C14H19ClO4. The molecule has 0 aliphatic carbocycles. The van der Waals surface area contributed by atoms with Crippen LogP contribution in [0.3, 0.4) is 0 Å². The smallest absolute Gasteiger partial charge is 0.335 e. The number of aromatic carboxylic acids is 2. The van der Waals surface area contributed by atoms with Gasteiger partial charge in [0.15, 0.2) is 0 Å². The SMILES string of the molecule is CCCCCCl.Cc1cc(C(=O)O)cc(C(=O)O)c1. The molecule has 0 aliphatic rings. The van der Waals surface area contributed by atoms with Gasteiger partial charge in [-0.1, -0.05) is 19.8 Å². The summed E-state index contributed by atoms with van der Waals surface area (Å²) in [5, 5.41) is 17.2. The number of hydrogen-bond donors (Lipinski definition) is 2. The molecule has 5 heteroatoms. The first kappa shape index (κ1) is 17.4. The van der Waals surface area contributed by atoms with Crippen molar-refractivity contribution in [1.82, 2.24) is 0 Å². The molecule has 0 atom stereocenters. The highest BCUT2D eigenvalue weighted by Crippen LogP contribution is 2.09. The number of carbonyl (C=O) groups is 2. The lowest BCUT2D eigenvalue weighted by Gasteiger charge is -1.99. The highest BCUT2D eigenvalue weighted by atomic mass is 35.5. The Bertz CT molecular complexity index is 393. The molecule has 19 heavy (non-hydrogen) atoms. The minimum absolute atomic E-state index is 0.00241. The van der Waals surface area contributed by atoms with Crippen LogP contribution in [0.5, 0.6) is 0 Å². The Morgan fingerprint density at radius 2 is 1.53 bits per heavy atom. The number of hydrogen-bond acceptors (Lipinski definition) is 2. The second-order valence-corrected chi connectivity index (χ2v) is 4.47. The molecule has 0 unspecified atom stereocenters. The number of alkyl halides is 1. The maximum atomic E-state index is 10.5. The van der Waals surface area contributed by atoms with E-state index in [0.29, 0.717) is 5.56 Å². The van der Waals surface area contributed by atoms with Crippen molar-refractivity contribution < 1.29 is 19.8 Å². The van der Waals surface area contributed by atoms with Crippen LogP contribution in [0.4, 0.5) is 0 Å². The summed E-state index contributed by atoms with van der Waals surface area (Å²) in [6.07, 6.45) is 3.73. The van der Waals surface area contributed by atoms with E-state index < -0.39 is 11.9 Å². The molecule has 0 heterocycles. The Kier molecular flexibility index (Phi) is 8.62. The third kappa shape index (κ3) is 7.47. The first-order valence-electron chi connectivity index (χ1n) is 6.06. The van der Waals surface area contributed by atoms with Gasteiger partial charge in [-0.05, 0) is 37.1 Å². The van der Waals surface area contributed by atoms with E-state index in [1.807, 2.05) is 0 Å². The van der Waals surface area contributed by atoms with Crippen molar-refractivity contribution in [3.63, 3.8) is 0 Å². The maximum Gasteiger partial charge on any atom is 0.335 e. The Morgan fingerprint density at radius 3 is 1.79 bits per heavy atom. The average molecular weight is 287 g/mol. The van der Waals surface area contributed by atoms with Gasteiger partial charge in [0.25, 0.3) is 0 Å². The molecule has 1 aromatic rings. The summed E-state index contributed by atoms with van der Waals surface area (Å²) in [5.41, 5.74) is 0.618. The number of halogens is 1. The van der Waals surface area contributed by atoms with Crippen LogP contribution in [-0.4, -0.2) is 28.0 Å². The van der Waals surface area contributed by atoms with E-state index in [-0.39, 0.29) is 11.1 Å². The highest BCUT2D eigenvalue weighted by molar-refractivity contribution is 6.17. The number of carboxylic acid groups (broad SMARTS) is 2. The maximum absolute atomic E-state index is 10.5. The molecule has 0 bridgehead atoms. The summed E-state index contributed by atoms with van der Waals surface area (Å²) in [6.45, 7) is 3.82. The van der Waals surface area contributed by atoms with Gasteiger partial charge in [-0.3, -0.25) is 0 Å². The van der Waals surface area contributed by atoms with Gasteiger partial charge in [-0.15, -0.1) is 11.6 Å². The first-order valence-corrected chi connectivity index (χ1v) is 6.60. The summed E-state index contributed by atoms with van der Waals surface area (Å²) in [6, 6.07) is 3.99. The van der Waals surface area contributed by atoms with Gasteiger partial charge >= 0.3 is 11.9 Å². The Hall–Kier alpha value is -1.55. The third-order valence-corrected chi connectivity index (χ3v) is 2.58. The Morgan fingerprint density at radius 1 is 1.05 bits per heavy atom. The summed E-state index contributed by atoms with van der Waals surface area (Å²) in [4.78, 5) is 21.1. The number of rotatable bonds is 5. The molecule has 0 aliphatic heterocycles. The van der Waals surface area contributed by atoms with E-state index >= 15 is 0 Å². The van der Waals surface area contributed by atoms with E-state index in [0.717, 1.165) is 11.9 Å².